The first-order valence-corrected chi connectivity index (χ1v) is 6.95. The lowest BCUT2D eigenvalue weighted by Crippen LogP contribution is -2.52. The summed E-state index contributed by atoms with van der Waals surface area (Å²) in [4.78, 5) is 38.4. The lowest BCUT2D eigenvalue weighted by atomic mass is 9.89. The van der Waals surface area contributed by atoms with Gasteiger partial charge < -0.3 is 14.9 Å². The quantitative estimate of drug-likeness (QED) is 0.829. The Hall–Kier alpha value is -1.59. The van der Waals surface area contributed by atoms with Crippen molar-refractivity contribution in [3.63, 3.8) is 0 Å². The van der Waals surface area contributed by atoms with Crippen LogP contribution in [0, 0.1) is 11.3 Å². The minimum absolute atomic E-state index is 0.0134. The summed E-state index contributed by atoms with van der Waals surface area (Å²) in [5, 5.41) is 9.04. The molecule has 6 heteroatoms. The van der Waals surface area contributed by atoms with Crippen molar-refractivity contribution in [1.82, 2.24) is 9.80 Å². The van der Waals surface area contributed by atoms with Crippen LogP contribution >= 0.6 is 0 Å². The zero-order valence-electron chi connectivity index (χ0n) is 12.7. The van der Waals surface area contributed by atoms with E-state index in [0.29, 0.717) is 26.2 Å². The van der Waals surface area contributed by atoms with Crippen molar-refractivity contribution in [3.05, 3.63) is 0 Å². The summed E-state index contributed by atoms with van der Waals surface area (Å²) in [7, 11) is 0. The van der Waals surface area contributed by atoms with Crippen LogP contribution < -0.4 is 0 Å². The predicted molar refractivity (Wildman–Crippen MR) is 74.0 cm³/mol. The Morgan fingerprint density at radius 3 is 1.90 bits per heavy atom. The van der Waals surface area contributed by atoms with Crippen molar-refractivity contribution >= 4 is 17.8 Å². The van der Waals surface area contributed by atoms with Gasteiger partial charge in [-0.2, -0.15) is 0 Å². The average Bonchev–Trinajstić information content (AvgIpc) is 2.37. The molecule has 20 heavy (non-hydrogen) atoms. The van der Waals surface area contributed by atoms with E-state index in [4.69, 9.17) is 5.11 Å². The van der Waals surface area contributed by atoms with Crippen LogP contribution in [-0.2, 0) is 14.4 Å². The van der Waals surface area contributed by atoms with Crippen LogP contribution in [0.5, 0.6) is 0 Å². The molecular weight excluding hydrogens is 260 g/mol. The molecule has 0 bridgehead atoms. The topological polar surface area (TPSA) is 77.9 Å². The third kappa shape index (κ3) is 3.95. The normalized spacial score (nSPS) is 16.4. The first-order chi connectivity index (χ1) is 9.15. The first-order valence-electron chi connectivity index (χ1n) is 6.95. The van der Waals surface area contributed by atoms with E-state index in [9.17, 15) is 14.4 Å². The van der Waals surface area contributed by atoms with Gasteiger partial charge in [-0.15, -0.1) is 0 Å². The zero-order chi connectivity index (χ0) is 15.5. The van der Waals surface area contributed by atoms with Crippen LogP contribution in [0.2, 0.25) is 0 Å². The Kier molecular flexibility index (Phi) is 5.14. The standard InChI is InChI=1S/C14H24N2O4/c1-10(2)12(18)16-7-5-15(6-8-16)11(17)9-14(3,4)13(19)20/h10H,5-9H2,1-4H3,(H,19,20). The number of piperazine rings is 1. The fraction of sp³-hybridized carbons (Fsp3) is 0.786. The van der Waals surface area contributed by atoms with Gasteiger partial charge in [-0.1, -0.05) is 13.8 Å². The fourth-order valence-electron chi connectivity index (χ4n) is 2.11. The van der Waals surface area contributed by atoms with E-state index < -0.39 is 11.4 Å². The molecule has 0 aromatic heterocycles. The van der Waals surface area contributed by atoms with Gasteiger partial charge >= 0.3 is 5.97 Å². The molecule has 1 heterocycles. The number of carboxylic acids is 1. The van der Waals surface area contributed by atoms with Crippen molar-refractivity contribution in [2.75, 3.05) is 26.2 Å². The zero-order valence-corrected chi connectivity index (χ0v) is 12.7. The molecule has 2 amide bonds. The number of carbonyl (C=O) groups excluding carboxylic acids is 2. The van der Waals surface area contributed by atoms with Crippen LogP contribution in [0.1, 0.15) is 34.1 Å². The maximum absolute atomic E-state index is 12.1. The minimum atomic E-state index is -1.05. The van der Waals surface area contributed by atoms with Gasteiger partial charge in [0, 0.05) is 38.5 Å². The highest BCUT2D eigenvalue weighted by atomic mass is 16.4. The first kappa shape index (κ1) is 16.5. The lowest BCUT2D eigenvalue weighted by Gasteiger charge is -2.36. The largest absolute Gasteiger partial charge is 0.481 e. The summed E-state index contributed by atoms with van der Waals surface area (Å²) >= 11 is 0. The Labute approximate surface area is 119 Å². The second kappa shape index (κ2) is 6.24. The van der Waals surface area contributed by atoms with Crippen LogP contribution in [0.15, 0.2) is 0 Å². The van der Waals surface area contributed by atoms with Crippen molar-refractivity contribution in [2.24, 2.45) is 11.3 Å². The number of amides is 2. The predicted octanol–water partition coefficient (Wildman–Crippen LogP) is 0.814. The minimum Gasteiger partial charge on any atom is -0.481 e. The number of carboxylic acid groups (broad SMARTS) is 1. The van der Waals surface area contributed by atoms with E-state index in [-0.39, 0.29) is 24.2 Å². The molecule has 0 spiro atoms. The van der Waals surface area contributed by atoms with Gasteiger partial charge in [0.15, 0.2) is 0 Å². The van der Waals surface area contributed by atoms with E-state index in [1.165, 1.54) is 0 Å². The molecule has 114 valence electrons. The van der Waals surface area contributed by atoms with E-state index in [0.717, 1.165) is 0 Å². The molecule has 0 saturated carbocycles. The third-order valence-electron chi connectivity index (χ3n) is 3.61. The van der Waals surface area contributed by atoms with E-state index in [2.05, 4.69) is 0 Å². The summed E-state index contributed by atoms with van der Waals surface area (Å²) in [5.74, 6) is -1.07. The molecule has 0 radical (unpaired) electrons. The van der Waals surface area contributed by atoms with Gasteiger partial charge in [-0.3, -0.25) is 14.4 Å². The van der Waals surface area contributed by atoms with Crippen molar-refractivity contribution < 1.29 is 19.5 Å². The highest BCUT2D eigenvalue weighted by Gasteiger charge is 2.33. The van der Waals surface area contributed by atoms with Crippen LogP contribution in [0.3, 0.4) is 0 Å². The van der Waals surface area contributed by atoms with Crippen molar-refractivity contribution in [2.45, 2.75) is 34.1 Å². The smallest absolute Gasteiger partial charge is 0.309 e. The van der Waals surface area contributed by atoms with E-state index in [1.54, 1.807) is 23.6 Å². The fourth-order valence-corrected chi connectivity index (χ4v) is 2.11. The molecule has 0 unspecified atom stereocenters. The molecule has 1 fully saturated rings. The van der Waals surface area contributed by atoms with Crippen LogP contribution in [0.25, 0.3) is 0 Å². The number of hydrogen-bond donors (Lipinski definition) is 1. The Balaban J connectivity index is 2.51. The number of aliphatic carboxylic acids is 1. The molecule has 1 rings (SSSR count). The van der Waals surface area contributed by atoms with Gasteiger partial charge in [0.1, 0.15) is 0 Å². The van der Waals surface area contributed by atoms with Gasteiger partial charge in [0.2, 0.25) is 11.8 Å². The SMILES string of the molecule is CC(C)C(=O)N1CCN(C(=O)CC(C)(C)C(=O)O)CC1. The third-order valence-corrected chi connectivity index (χ3v) is 3.61. The lowest BCUT2D eigenvalue weighted by molar-refractivity contribution is -0.152. The maximum atomic E-state index is 12.1. The van der Waals surface area contributed by atoms with E-state index >= 15 is 0 Å². The molecule has 1 aliphatic heterocycles. The average molecular weight is 284 g/mol. The van der Waals surface area contributed by atoms with Gasteiger partial charge in [0.25, 0.3) is 0 Å². The summed E-state index contributed by atoms with van der Waals surface area (Å²) in [6, 6.07) is 0. The molecule has 0 atom stereocenters. The molecule has 0 aliphatic carbocycles. The number of nitrogens with zero attached hydrogens (tertiary/aromatic N) is 2. The number of carbonyl (C=O) groups is 3. The summed E-state index contributed by atoms with van der Waals surface area (Å²) < 4.78 is 0. The van der Waals surface area contributed by atoms with Gasteiger partial charge in [-0.05, 0) is 13.8 Å². The molecule has 6 nitrogen and oxygen atoms in total. The summed E-state index contributed by atoms with van der Waals surface area (Å²) in [6.07, 6.45) is -0.0134. The highest BCUT2D eigenvalue weighted by Crippen LogP contribution is 2.22. The highest BCUT2D eigenvalue weighted by molar-refractivity contribution is 5.84. The van der Waals surface area contributed by atoms with E-state index in [1.807, 2.05) is 13.8 Å². The monoisotopic (exact) mass is 284 g/mol. The molecular formula is C14H24N2O4. The van der Waals surface area contributed by atoms with Crippen LogP contribution in [0.4, 0.5) is 0 Å². The summed E-state index contributed by atoms with van der Waals surface area (Å²) in [5.41, 5.74) is -1.05. The molecule has 1 saturated heterocycles. The van der Waals surface area contributed by atoms with Crippen LogP contribution in [-0.4, -0.2) is 58.9 Å². The molecule has 1 N–H and O–H groups in total. The van der Waals surface area contributed by atoms with Gasteiger partial charge in [0.05, 0.1) is 5.41 Å². The van der Waals surface area contributed by atoms with Crippen molar-refractivity contribution in [1.29, 1.82) is 0 Å². The Bertz CT molecular complexity index is 396. The second-order valence-corrected chi connectivity index (χ2v) is 6.23. The molecule has 1 aliphatic rings. The molecule has 0 aromatic rings. The maximum Gasteiger partial charge on any atom is 0.309 e. The summed E-state index contributed by atoms with van der Waals surface area (Å²) in [6.45, 7) is 8.81. The number of rotatable bonds is 4. The number of hydrogen-bond acceptors (Lipinski definition) is 3. The Morgan fingerprint density at radius 1 is 1.05 bits per heavy atom. The second-order valence-electron chi connectivity index (χ2n) is 6.23. The Morgan fingerprint density at radius 2 is 1.50 bits per heavy atom. The van der Waals surface area contributed by atoms with Gasteiger partial charge in [-0.25, -0.2) is 0 Å². The molecule has 0 aromatic carbocycles. The van der Waals surface area contributed by atoms with Crippen molar-refractivity contribution in [3.8, 4) is 0 Å².